The number of benzene rings is 9. The molecule has 12 rings (SSSR count). The van der Waals surface area contributed by atoms with Crippen LogP contribution in [0.2, 0.25) is 0 Å². The van der Waals surface area contributed by atoms with E-state index in [0.29, 0.717) is 34.9 Å². The van der Waals surface area contributed by atoms with Gasteiger partial charge < -0.3 is 4.57 Å². The van der Waals surface area contributed by atoms with Crippen molar-refractivity contribution in [2.24, 2.45) is 0 Å². The van der Waals surface area contributed by atoms with Gasteiger partial charge in [-0.15, -0.1) is 0 Å². The fourth-order valence-electron chi connectivity index (χ4n) is 13.0. The van der Waals surface area contributed by atoms with E-state index < -0.39 is 0 Å². The molecule has 0 atom stereocenters. The Balaban J connectivity index is 1.24. The first-order chi connectivity index (χ1) is 46.0. The molecule has 0 aliphatic heterocycles. The highest BCUT2D eigenvalue weighted by Crippen LogP contribution is 2.45. The first kappa shape index (κ1) is 69.7. The molecular formula is C92H103N7. The van der Waals surface area contributed by atoms with E-state index in [1.807, 2.05) is 0 Å². The Hall–Kier alpha value is -9.20. The SMILES string of the molecule is CC(C)(C)c1cc(-c2nc(-c3cc(C(C)(C)C)cc(C(C)(C)C)c3)nc(-c3ccc(-n4c5ccc(-c6ccccc6)cc5c5cc(-c6ccccc6)ccc54)c(-c4nc(-c5cc(C(C)(C)C)cc(C(C)(C)C)c5)nc(-c5cc(C(C)(C)C)cc(C(C)(C)C)c5)n4)c3)n2)cc(C(C)(C)C)c1. The average molecular weight is 1310 g/mol. The molecule has 506 valence electrons. The lowest BCUT2D eigenvalue weighted by atomic mass is 9.79. The van der Waals surface area contributed by atoms with Crippen molar-refractivity contribution in [3.8, 4) is 96.3 Å². The zero-order valence-electron chi connectivity index (χ0n) is 63.5. The fourth-order valence-corrected chi connectivity index (χ4v) is 13.0. The lowest BCUT2D eigenvalue weighted by Crippen LogP contribution is -2.17. The van der Waals surface area contributed by atoms with E-state index in [2.05, 4.69) is 359 Å². The van der Waals surface area contributed by atoms with Crippen LogP contribution in [0.4, 0.5) is 0 Å². The van der Waals surface area contributed by atoms with Gasteiger partial charge in [-0.1, -0.05) is 263 Å². The highest BCUT2D eigenvalue weighted by Gasteiger charge is 2.30. The van der Waals surface area contributed by atoms with Gasteiger partial charge in [-0.25, -0.2) is 29.9 Å². The molecule has 0 N–H and O–H groups in total. The van der Waals surface area contributed by atoms with Crippen LogP contribution in [0.15, 0.2) is 188 Å². The molecule has 12 aromatic rings. The van der Waals surface area contributed by atoms with Crippen LogP contribution in [0.5, 0.6) is 0 Å². The number of fused-ring (bicyclic) bond motifs is 3. The maximum atomic E-state index is 5.83. The van der Waals surface area contributed by atoms with E-state index in [4.69, 9.17) is 29.9 Å². The van der Waals surface area contributed by atoms with Crippen LogP contribution < -0.4 is 0 Å². The highest BCUT2D eigenvalue weighted by molar-refractivity contribution is 6.12. The molecule has 0 spiro atoms. The minimum absolute atomic E-state index is 0.159. The van der Waals surface area contributed by atoms with E-state index in [1.165, 1.54) is 44.5 Å². The van der Waals surface area contributed by atoms with Gasteiger partial charge in [0.2, 0.25) is 0 Å². The van der Waals surface area contributed by atoms with Gasteiger partial charge in [0, 0.05) is 44.2 Å². The molecule has 0 aliphatic carbocycles. The Bertz CT molecular complexity index is 4650. The molecule has 7 heteroatoms. The third kappa shape index (κ3) is 14.6. The predicted molar refractivity (Wildman–Crippen MR) is 421 cm³/mol. The van der Waals surface area contributed by atoms with Crippen LogP contribution in [-0.4, -0.2) is 34.5 Å². The van der Waals surface area contributed by atoms with Crippen molar-refractivity contribution in [2.45, 2.75) is 209 Å². The minimum Gasteiger partial charge on any atom is -0.308 e. The number of nitrogens with zero attached hydrogens (tertiary/aromatic N) is 7. The van der Waals surface area contributed by atoms with Crippen LogP contribution in [0.25, 0.3) is 118 Å². The third-order valence-electron chi connectivity index (χ3n) is 19.7. The quantitative estimate of drug-likeness (QED) is 0.143. The number of hydrogen-bond acceptors (Lipinski definition) is 6. The van der Waals surface area contributed by atoms with Gasteiger partial charge in [0.05, 0.1) is 16.7 Å². The van der Waals surface area contributed by atoms with E-state index in [1.54, 1.807) is 0 Å². The summed E-state index contributed by atoms with van der Waals surface area (Å²) in [7, 11) is 0. The van der Waals surface area contributed by atoms with Gasteiger partial charge in [-0.2, -0.15) is 0 Å². The Morgan fingerprint density at radius 2 is 0.444 bits per heavy atom. The molecule has 0 radical (unpaired) electrons. The minimum atomic E-state index is -0.177. The van der Waals surface area contributed by atoms with Crippen molar-refractivity contribution >= 4 is 21.8 Å². The van der Waals surface area contributed by atoms with Gasteiger partial charge in [0.15, 0.2) is 34.9 Å². The summed E-state index contributed by atoms with van der Waals surface area (Å²) in [5, 5.41) is 2.26. The van der Waals surface area contributed by atoms with Crippen LogP contribution in [0.3, 0.4) is 0 Å². The lowest BCUT2D eigenvalue weighted by molar-refractivity contribution is 0.568. The zero-order chi connectivity index (χ0) is 71.5. The second-order valence-corrected chi connectivity index (χ2v) is 36.1. The molecule has 0 saturated carbocycles. The molecule has 9 aromatic carbocycles. The largest absolute Gasteiger partial charge is 0.308 e. The Morgan fingerprint density at radius 1 is 0.202 bits per heavy atom. The summed E-state index contributed by atoms with van der Waals surface area (Å²) in [5.41, 5.74) is 21.3. The second-order valence-electron chi connectivity index (χ2n) is 36.1. The van der Waals surface area contributed by atoms with Crippen molar-refractivity contribution in [1.29, 1.82) is 0 Å². The Kier molecular flexibility index (Phi) is 17.5. The summed E-state index contributed by atoms with van der Waals surface area (Å²) < 4.78 is 2.43. The normalized spacial score (nSPS) is 13.1. The van der Waals surface area contributed by atoms with Gasteiger partial charge in [0.25, 0.3) is 0 Å². The monoisotopic (exact) mass is 1310 g/mol. The molecule has 0 unspecified atom stereocenters. The van der Waals surface area contributed by atoms with Crippen molar-refractivity contribution in [3.63, 3.8) is 0 Å². The molecule has 0 amide bonds. The summed E-state index contributed by atoms with van der Waals surface area (Å²) in [6.45, 7) is 54.9. The van der Waals surface area contributed by atoms with Crippen molar-refractivity contribution in [3.05, 3.63) is 233 Å². The molecule has 0 bridgehead atoms. The predicted octanol–water partition coefficient (Wildman–Crippen LogP) is 24.9. The van der Waals surface area contributed by atoms with Crippen molar-refractivity contribution in [1.82, 2.24) is 34.5 Å². The van der Waals surface area contributed by atoms with E-state index in [0.717, 1.165) is 83.1 Å². The summed E-state index contributed by atoms with van der Waals surface area (Å²) in [4.78, 5) is 34.3. The van der Waals surface area contributed by atoms with Crippen LogP contribution in [-0.2, 0) is 43.3 Å². The molecular weight excluding hydrogens is 1200 g/mol. The second kappa shape index (κ2) is 24.9. The van der Waals surface area contributed by atoms with Gasteiger partial charge in [0.1, 0.15) is 0 Å². The van der Waals surface area contributed by atoms with Crippen LogP contribution in [0.1, 0.15) is 211 Å². The maximum Gasteiger partial charge on any atom is 0.166 e. The van der Waals surface area contributed by atoms with E-state index >= 15 is 0 Å². The first-order valence-corrected chi connectivity index (χ1v) is 35.6. The summed E-state index contributed by atoms with van der Waals surface area (Å²) in [6.07, 6.45) is 0. The molecule has 99 heavy (non-hydrogen) atoms. The smallest absolute Gasteiger partial charge is 0.166 e. The molecule has 3 aromatic heterocycles. The Labute approximate surface area is 591 Å². The number of aromatic nitrogens is 7. The number of hydrogen-bond donors (Lipinski definition) is 0. The first-order valence-electron chi connectivity index (χ1n) is 35.6. The number of rotatable bonds is 9. The molecule has 7 nitrogen and oxygen atoms in total. The van der Waals surface area contributed by atoms with E-state index in [-0.39, 0.29) is 43.3 Å². The van der Waals surface area contributed by atoms with Gasteiger partial charge >= 0.3 is 0 Å². The molecule has 0 saturated heterocycles. The molecule has 3 heterocycles. The average Bonchev–Trinajstić information content (AvgIpc) is 1.64. The van der Waals surface area contributed by atoms with Crippen LogP contribution >= 0.6 is 0 Å². The molecule has 0 fully saturated rings. The zero-order valence-corrected chi connectivity index (χ0v) is 63.5. The van der Waals surface area contributed by atoms with Gasteiger partial charge in [-0.3, -0.25) is 0 Å². The van der Waals surface area contributed by atoms with Crippen molar-refractivity contribution in [2.75, 3.05) is 0 Å². The highest BCUT2D eigenvalue weighted by atomic mass is 15.1. The van der Waals surface area contributed by atoms with E-state index in [9.17, 15) is 0 Å². The van der Waals surface area contributed by atoms with Gasteiger partial charge in [-0.05, 0) is 201 Å². The fraction of sp³-hybridized carbons (Fsp3) is 0.348. The van der Waals surface area contributed by atoms with Crippen LogP contribution in [0, 0.1) is 0 Å². The molecule has 0 aliphatic rings. The topological polar surface area (TPSA) is 82.3 Å². The summed E-state index contributed by atoms with van der Waals surface area (Å²) in [5.74, 6) is 3.46. The third-order valence-corrected chi connectivity index (χ3v) is 19.7. The Morgan fingerprint density at radius 3 is 0.707 bits per heavy atom. The summed E-state index contributed by atoms with van der Waals surface area (Å²) in [6, 6.07) is 69.8. The standard InChI is InChI=1S/C92H103N7/c1-85(2,3)65-41-61(42-66(52-65)86(4,5)6)80-93-79(94-81(95-80)62-43-67(87(7,8)9)53-68(44-62)88(10,11)12)60-37-40-78(99-76-38-35-58(56-31-27-25-28-32-56)49-73(76)74-50-59(36-39-77(74)99)57-33-29-26-30-34-57)75(51-60)84-97-82(63-45-69(89(13,14)15)54-70(46-63)90(16,17)18)96-83(98-84)64-47-71(91(19,20)21)55-72(48-64)92(22,23)24/h25-55H,1-24H3. The summed E-state index contributed by atoms with van der Waals surface area (Å²) >= 11 is 0. The van der Waals surface area contributed by atoms with Crippen molar-refractivity contribution < 1.29 is 0 Å². The lowest BCUT2D eigenvalue weighted by Gasteiger charge is -2.26. The maximum absolute atomic E-state index is 5.83.